The Morgan fingerprint density at radius 3 is 2.22 bits per heavy atom. The first-order valence-corrected chi connectivity index (χ1v) is 8.78. The first kappa shape index (κ1) is 17.0. The summed E-state index contributed by atoms with van der Waals surface area (Å²) in [5.74, 6) is 0.617. The first-order chi connectivity index (χ1) is 13.2. The second-order valence-electron chi connectivity index (χ2n) is 6.45. The number of aromatic nitrogens is 4. The fourth-order valence-electron chi connectivity index (χ4n) is 2.89. The number of nitrogens with zero attached hydrogens (tertiary/aromatic N) is 4. The summed E-state index contributed by atoms with van der Waals surface area (Å²) in [5.41, 5.74) is 6.54. The van der Waals surface area contributed by atoms with E-state index in [-0.39, 0.29) is 0 Å². The van der Waals surface area contributed by atoms with E-state index < -0.39 is 0 Å². The van der Waals surface area contributed by atoms with Gasteiger partial charge in [-0.3, -0.25) is 0 Å². The van der Waals surface area contributed by atoms with Crippen LogP contribution < -0.4 is 4.74 Å². The third-order valence-corrected chi connectivity index (χ3v) is 4.46. The van der Waals surface area contributed by atoms with Gasteiger partial charge in [-0.05, 0) is 24.1 Å². The van der Waals surface area contributed by atoms with Crippen LogP contribution in [0.5, 0.6) is 5.88 Å². The number of ether oxygens (including phenoxy) is 1. The van der Waals surface area contributed by atoms with Crippen molar-refractivity contribution in [3.05, 3.63) is 84.2 Å². The van der Waals surface area contributed by atoms with Crippen LogP contribution in [0.4, 0.5) is 0 Å². The fourth-order valence-corrected chi connectivity index (χ4v) is 2.89. The largest absolute Gasteiger partial charge is 0.481 e. The fraction of sp³-hybridized carbons (Fsp3) is 0.136. The van der Waals surface area contributed by atoms with Gasteiger partial charge >= 0.3 is 0 Å². The van der Waals surface area contributed by atoms with E-state index in [0.717, 1.165) is 22.4 Å². The summed E-state index contributed by atoms with van der Waals surface area (Å²) < 4.78 is 6.96. The molecule has 0 atom stereocenters. The Balaban J connectivity index is 1.47. The predicted octanol–water partition coefficient (Wildman–Crippen LogP) is 4.37. The molecule has 5 nitrogen and oxygen atoms in total. The zero-order valence-electron chi connectivity index (χ0n) is 15.3. The molecule has 0 aliphatic rings. The van der Waals surface area contributed by atoms with Gasteiger partial charge in [0.1, 0.15) is 5.69 Å². The van der Waals surface area contributed by atoms with E-state index in [1.807, 2.05) is 29.2 Å². The SMILES string of the molecule is COc1ccc(-c2ccc(Cn3cc(-c4ccc(C)cc4)nn3)cc2)cn1. The normalized spacial score (nSPS) is 10.7. The van der Waals surface area contributed by atoms with Crippen LogP contribution in [0.3, 0.4) is 0 Å². The number of pyridine rings is 1. The van der Waals surface area contributed by atoms with Gasteiger partial charge in [-0.15, -0.1) is 5.10 Å². The lowest BCUT2D eigenvalue weighted by Gasteiger charge is -2.05. The monoisotopic (exact) mass is 356 g/mol. The molecule has 4 rings (SSSR count). The van der Waals surface area contributed by atoms with Crippen molar-refractivity contribution in [1.82, 2.24) is 20.0 Å². The van der Waals surface area contributed by atoms with E-state index in [1.165, 1.54) is 11.1 Å². The second kappa shape index (κ2) is 7.41. The average Bonchev–Trinajstić information content (AvgIpc) is 3.18. The zero-order valence-corrected chi connectivity index (χ0v) is 15.3. The molecule has 0 fully saturated rings. The van der Waals surface area contributed by atoms with Crippen LogP contribution in [0.1, 0.15) is 11.1 Å². The molecule has 2 aromatic heterocycles. The summed E-state index contributed by atoms with van der Waals surface area (Å²) in [7, 11) is 1.62. The Kier molecular flexibility index (Phi) is 4.66. The van der Waals surface area contributed by atoms with Gasteiger partial charge in [0.2, 0.25) is 5.88 Å². The zero-order chi connectivity index (χ0) is 18.6. The van der Waals surface area contributed by atoms with Crippen LogP contribution in [-0.4, -0.2) is 27.1 Å². The lowest BCUT2D eigenvalue weighted by Crippen LogP contribution is -2.00. The van der Waals surface area contributed by atoms with Crippen LogP contribution in [0.2, 0.25) is 0 Å². The summed E-state index contributed by atoms with van der Waals surface area (Å²) >= 11 is 0. The van der Waals surface area contributed by atoms with Crippen LogP contribution in [0.25, 0.3) is 22.4 Å². The van der Waals surface area contributed by atoms with E-state index in [2.05, 4.69) is 70.8 Å². The second-order valence-corrected chi connectivity index (χ2v) is 6.45. The van der Waals surface area contributed by atoms with Crippen molar-refractivity contribution in [1.29, 1.82) is 0 Å². The summed E-state index contributed by atoms with van der Waals surface area (Å²) in [4.78, 5) is 4.26. The molecule has 4 aromatic rings. The lowest BCUT2D eigenvalue weighted by atomic mass is 10.1. The molecule has 2 heterocycles. The van der Waals surface area contributed by atoms with Gasteiger partial charge in [0, 0.05) is 23.4 Å². The van der Waals surface area contributed by atoms with Crippen molar-refractivity contribution in [3.63, 3.8) is 0 Å². The van der Waals surface area contributed by atoms with E-state index in [4.69, 9.17) is 4.74 Å². The molecule has 0 bridgehead atoms. The van der Waals surface area contributed by atoms with Crippen LogP contribution >= 0.6 is 0 Å². The molecule has 0 aliphatic heterocycles. The Bertz CT molecular complexity index is 1020. The van der Waals surface area contributed by atoms with Crippen molar-refractivity contribution in [2.75, 3.05) is 7.11 Å². The number of hydrogen-bond donors (Lipinski definition) is 0. The molecule has 0 spiro atoms. The summed E-state index contributed by atoms with van der Waals surface area (Å²) in [6.07, 6.45) is 3.80. The minimum atomic E-state index is 0.617. The number of methoxy groups -OCH3 is 1. The standard InChI is InChI=1S/C22H20N4O/c1-16-3-7-19(8-4-16)21-15-26(25-24-21)14-17-5-9-18(10-6-17)20-11-12-22(27-2)23-13-20/h3-13,15H,14H2,1-2H3. The van der Waals surface area contributed by atoms with Crippen molar-refractivity contribution in [3.8, 4) is 28.3 Å². The molecule has 5 heteroatoms. The Labute approximate surface area is 158 Å². The van der Waals surface area contributed by atoms with Gasteiger partial charge in [-0.2, -0.15) is 0 Å². The van der Waals surface area contributed by atoms with Crippen LogP contribution in [0.15, 0.2) is 73.1 Å². The maximum absolute atomic E-state index is 5.10. The average molecular weight is 356 g/mol. The highest BCUT2D eigenvalue weighted by molar-refractivity contribution is 5.63. The quantitative estimate of drug-likeness (QED) is 0.533. The van der Waals surface area contributed by atoms with Gasteiger partial charge < -0.3 is 4.74 Å². The van der Waals surface area contributed by atoms with Crippen LogP contribution in [0, 0.1) is 6.92 Å². The van der Waals surface area contributed by atoms with Crippen molar-refractivity contribution >= 4 is 0 Å². The molecule has 27 heavy (non-hydrogen) atoms. The molecule has 0 amide bonds. The number of hydrogen-bond acceptors (Lipinski definition) is 4. The molecule has 134 valence electrons. The Morgan fingerprint density at radius 2 is 1.56 bits per heavy atom. The number of benzene rings is 2. The van der Waals surface area contributed by atoms with Gasteiger partial charge in [0.25, 0.3) is 0 Å². The van der Waals surface area contributed by atoms with E-state index in [9.17, 15) is 0 Å². The Hall–Kier alpha value is -3.47. The number of aryl methyl sites for hydroxylation is 1. The lowest BCUT2D eigenvalue weighted by molar-refractivity contribution is 0.398. The molecule has 2 aromatic carbocycles. The van der Waals surface area contributed by atoms with Crippen LogP contribution in [-0.2, 0) is 6.54 Å². The van der Waals surface area contributed by atoms with E-state index in [0.29, 0.717) is 12.4 Å². The highest BCUT2D eigenvalue weighted by Gasteiger charge is 2.05. The van der Waals surface area contributed by atoms with Crippen molar-refractivity contribution in [2.45, 2.75) is 13.5 Å². The highest BCUT2D eigenvalue weighted by atomic mass is 16.5. The Morgan fingerprint density at radius 1 is 0.852 bits per heavy atom. The minimum absolute atomic E-state index is 0.617. The summed E-state index contributed by atoms with van der Waals surface area (Å²) in [6.45, 7) is 2.76. The third-order valence-electron chi connectivity index (χ3n) is 4.46. The molecule has 0 aliphatic carbocycles. The van der Waals surface area contributed by atoms with Gasteiger partial charge in [0.05, 0.1) is 19.9 Å². The predicted molar refractivity (Wildman–Crippen MR) is 106 cm³/mol. The third kappa shape index (κ3) is 3.87. The molecule has 0 unspecified atom stereocenters. The molecule has 0 N–H and O–H groups in total. The van der Waals surface area contributed by atoms with Gasteiger partial charge in [-0.25, -0.2) is 9.67 Å². The van der Waals surface area contributed by atoms with E-state index in [1.54, 1.807) is 7.11 Å². The molecule has 0 saturated carbocycles. The molecular weight excluding hydrogens is 336 g/mol. The van der Waals surface area contributed by atoms with Gasteiger partial charge in [-0.1, -0.05) is 59.3 Å². The maximum atomic E-state index is 5.10. The summed E-state index contributed by atoms with van der Waals surface area (Å²) in [5, 5.41) is 8.54. The first-order valence-electron chi connectivity index (χ1n) is 8.78. The minimum Gasteiger partial charge on any atom is -0.481 e. The molecule has 0 saturated heterocycles. The maximum Gasteiger partial charge on any atom is 0.212 e. The smallest absolute Gasteiger partial charge is 0.212 e. The summed E-state index contributed by atoms with van der Waals surface area (Å²) in [6, 6.07) is 20.6. The topological polar surface area (TPSA) is 52.8 Å². The number of rotatable bonds is 5. The molecular formula is C22H20N4O. The van der Waals surface area contributed by atoms with Gasteiger partial charge in [0.15, 0.2) is 0 Å². The molecule has 0 radical (unpaired) electrons. The van der Waals surface area contributed by atoms with E-state index >= 15 is 0 Å². The van der Waals surface area contributed by atoms with Crippen molar-refractivity contribution < 1.29 is 4.74 Å². The highest BCUT2D eigenvalue weighted by Crippen LogP contribution is 2.21. The van der Waals surface area contributed by atoms with Crippen molar-refractivity contribution in [2.24, 2.45) is 0 Å².